The summed E-state index contributed by atoms with van der Waals surface area (Å²) in [6, 6.07) is 0.170. The van der Waals surface area contributed by atoms with Crippen molar-refractivity contribution >= 4 is 22.9 Å². The van der Waals surface area contributed by atoms with Crippen molar-refractivity contribution in [2.75, 3.05) is 13.1 Å². The number of halogens is 1. The smallest absolute Gasteiger partial charge is 0.110 e. The van der Waals surface area contributed by atoms with Gasteiger partial charge in [-0.05, 0) is 6.42 Å². The molecule has 1 aromatic rings. The lowest BCUT2D eigenvalue weighted by molar-refractivity contribution is 0.0572. The van der Waals surface area contributed by atoms with Gasteiger partial charge in [0.15, 0.2) is 0 Å². The van der Waals surface area contributed by atoms with Gasteiger partial charge in [0.2, 0.25) is 0 Å². The van der Waals surface area contributed by atoms with E-state index in [-0.39, 0.29) is 6.04 Å². The highest BCUT2D eigenvalue weighted by molar-refractivity contribution is 7.09. The molecule has 3 unspecified atom stereocenters. The first-order valence-corrected chi connectivity index (χ1v) is 7.17. The first kappa shape index (κ1) is 13.2. The maximum Gasteiger partial charge on any atom is 0.110 e. The van der Waals surface area contributed by atoms with Crippen molar-refractivity contribution in [1.29, 1.82) is 0 Å². The monoisotopic (exact) mass is 276 g/mol. The van der Waals surface area contributed by atoms with Crippen LogP contribution in [-0.4, -0.2) is 45.4 Å². The molecule has 0 spiro atoms. The van der Waals surface area contributed by atoms with Crippen LogP contribution < -0.4 is 0 Å². The van der Waals surface area contributed by atoms with Gasteiger partial charge in [-0.25, -0.2) is 4.98 Å². The van der Waals surface area contributed by atoms with E-state index < -0.39 is 12.2 Å². The Labute approximate surface area is 110 Å². The van der Waals surface area contributed by atoms with Crippen LogP contribution in [-0.2, 0) is 5.88 Å². The third-order valence-electron chi connectivity index (χ3n) is 3.11. The number of hydrogen-bond acceptors (Lipinski definition) is 5. The molecular formula is C11H17ClN2O2S. The summed E-state index contributed by atoms with van der Waals surface area (Å²) >= 11 is 7.34. The predicted octanol–water partition coefficient (Wildman–Crippen LogP) is 1.37. The molecule has 4 nitrogen and oxygen atoms in total. The molecule has 3 atom stereocenters. The van der Waals surface area contributed by atoms with Gasteiger partial charge >= 0.3 is 0 Å². The lowest BCUT2D eigenvalue weighted by Gasteiger charge is -2.24. The molecule has 1 aliphatic rings. The fraction of sp³-hybridized carbons (Fsp3) is 0.727. The van der Waals surface area contributed by atoms with E-state index in [9.17, 15) is 10.2 Å². The van der Waals surface area contributed by atoms with Crippen LogP contribution in [0.15, 0.2) is 5.38 Å². The molecule has 0 aliphatic carbocycles. The Morgan fingerprint density at radius 2 is 2.18 bits per heavy atom. The number of nitrogens with zero attached hydrogens (tertiary/aromatic N) is 2. The molecule has 1 aliphatic heterocycles. The normalized spacial score (nSPS) is 27.5. The lowest BCUT2D eigenvalue weighted by atomic mass is 10.2. The summed E-state index contributed by atoms with van der Waals surface area (Å²) in [4.78, 5) is 6.57. The van der Waals surface area contributed by atoms with Crippen molar-refractivity contribution in [3.63, 3.8) is 0 Å². The SMILES string of the molecule is CCC(c1nc(CCl)cs1)N1CC(O)C(O)C1. The number of alkyl halides is 1. The third-order valence-corrected chi connectivity index (χ3v) is 4.37. The summed E-state index contributed by atoms with van der Waals surface area (Å²) in [7, 11) is 0. The lowest BCUT2D eigenvalue weighted by Crippen LogP contribution is -2.27. The fourth-order valence-electron chi connectivity index (χ4n) is 2.18. The minimum Gasteiger partial charge on any atom is -0.389 e. The molecule has 0 aromatic carbocycles. The average molecular weight is 277 g/mol. The Morgan fingerprint density at radius 1 is 1.53 bits per heavy atom. The van der Waals surface area contributed by atoms with Gasteiger partial charge in [-0.15, -0.1) is 22.9 Å². The van der Waals surface area contributed by atoms with E-state index in [1.54, 1.807) is 11.3 Å². The largest absolute Gasteiger partial charge is 0.389 e. The molecule has 17 heavy (non-hydrogen) atoms. The number of aliphatic hydroxyl groups excluding tert-OH is 2. The zero-order valence-electron chi connectivity index (χ0n) is 9.71. The molecule has 2 heterocycles. The van der Waals surface area contributed by atoms with E-state index in [1.807, 2.05) is 5.38 Å². The number of likely N-dealkylation sites (tertiary alicyclic amines) is 1. The summed E-state index contributed by atoms with van der Waals surface area (Å²) in [5, 5.41) is 22.1. The van der Waals surface area contributed by atoms with Crippen LogP contribution in [0.5, 0.6) is 0 Å². The number of aromatic nitrogens is 1. The Balaban J connectivity index is 2.11. The highest BCUT2D eigenvalue weighted by Crippen LogP contribution is 2.30. The Morgan fingerprint density at radius 3 is 2.65 bits per heavy atom. The van der Waals surface area contributed by atoms with Crippen molar-refractivity contribution in [1.82, 2.24) is 9.88 Å². The number of β-amino-alcohol motifs (C(OH)–C–C–N with tert-alkyl or cyclic N) is 2. The maximum atomic E-state index is 9.58. The van der Waals surface area contributed by atoms with Gasteiger partial charge in [-0.2, -0.15) is 0 Å². The second-order valence-corrected chi connectivity index (χ2v) is 5.48. The van der Waals surface area contributed by atoms with Gasteiger partial charge in [0.1, 0.15) is 5.01 Å². The first-order valence-electron chi connectivity index (χ1n) is 5.76. The van der Waals surface area contributed by atoms with E-state index in [2.05, 4.69) is 16.8 Å². The minimum atomic E-state index is -0.642. The van der Waals surface area contributed by atoms with Crippen molar-refractivity contribution in [3.05, 3.63) is 16.1 Å². The van der Waals surface area contributed by atoms with Gasteiger partial charge in [0.25, 0.3) is 0 Å². The summed E-state index contributed by atoms with van der Waals surface area (Å²) < 4.78 is 0. The third kappa shape index (κ3) is 2.80. The van der Waals surface area contributed by atoms with Crippen molar-refractivity contribution < 1.29 is 10.2 Å². The number of hydrogen-bond donors (Lipinski definition) is 2. The fourth-order valence-corrected chi connectivity index (χ4v) is 3.44. The number of rotatable bonds is 4. The molecule has 1 fully saturated rings. The summed E-state index contributed by atoms with van der Waals surface area (Å²) in [5.41, 5.74) is 0.894. The van der Waals surface area contributed by atoms with Crippen LogP contribution in [0.3, 0.4) is 0 Å². The summed E-state index contributed by atoms with van der Waals surface area (Å²) in [6.07, 6.45) is -0.373. The van der Waals surface area contributed by atoms with Crippen LogP contribution >= 0.6 is 22.9 Å². The van der Waals surface area contributed by atoms with E-state index in [4.69, 9.17) is 11.6 Å². The quantitative estimate of drug-likeness (QED) is 0.816. The highest BCUT2D eigenvalue weighted by Gasteiger charge is 2.34. The molecular weight excluding hydrogens is 260 g/mol. The molecule has 0 radical (unpaired) electrons. The zero-order chi connectivity index (χ0) is 12.4. The molecule has 0 bridgehead atoms. The highest BCUT2D eigenvalue weighted by atomic mass is 35.5. The molecule has 1 aromatic heterocycles. The van der Waals surface area contributed by atoms with Gasteiger partial charge < -0.3 is 10.2 Å². The summed E-state index contributed by atoms with van der Waals surface area (Å²) in [6.45, 7) is 3.11. The Hall–Kier alpha value is -0.200. The van der Waals surface area contributed by atoms with Crippen LogP contribution in [0, 0.1) is 0 Å². The number of aliphatic hydroxyl groups is 2. The van der Waals surface area contributed by atoms with Crippen LogP contribution in [0.25, 0.3) is 0 Å². The molecule has 2 rings (SSSR count). The first-order chi connectivity index (χ1) is 8.15. The minimum absolute atomic E-state index is 0.170. The standard InChI is InChI=1S/C11H17ClN2O2S/c1-2-8(11-13-7(3-12)6-17-11)14-4-9(15)10(16)5-14/h6,8-10,15-16H,2-5H2,1H3. The van der Waals surface area contributed by atoms with Crippen molar-refractivity contribution in [2.24, 2.45) is 0 Å². The average Bonchev–Trinajstić information content (AvgIpc) is 2.89. The van der Waals surface area contributed by atoms with E-state index >= 15 is 0 Å². The van der Waals surface area contributed by atoms with E-state index in [0.29, 0.717) is 19.0 Å². The molecule has 0 saturated carbocycles. The second-order valence-electron chi connectivity index (χ2n) is 4.32. The van der Waals surface area contributed by atoms with Gasteiger partial charge in [-0.3, -0.25) is 4.90 Å². The molecule has 1 saturated heterocycles. The Bertz CT molecular complexity index is 364. The van der Waals surface area contributed by atoms with E-state index in [1.165, 1.54) is 0 Å². The molecule has 96 valence electrons. The van der Waals surface area contributed by atoms with Gasteiger partial charge in [-0.1, -0.05) is 6.92 Å². The second kappa shape index (κ2) is 5.63. The van der Waals surface area contributed by atoms with E-state index in [0.717, 1.165) is 17.1 Å². The molecule has 6 heteroatoms. The van der Waals surface area contributed by atoms with Crippen LogP contribution in [0.4, 0.5) is 0 Å². The zero-order valence-corrected chi connectivity index (χ0v) is 11.3. The maximum absolute atomic E-state index is 9.58. The van der Waals surface area contributed by atoms with Crippen molar-refractivity contribution in [3.8, 4) is 0 Å². The number of thiazole rings is 1. The van der Waals surface area contributed by atoms with Crippen LogP contribution in [0.1, 0.15) is 30.1 Å². The van der Waals surface area contributed by atoms with Crippen LogP contribution in [0.2, 0.25) is 0 Å². The van der Waals surface area contributed by atoms with Crippen molar-refractivity contribution in [2.45, 2.75) is 37.5 Å². The van der Waals surface area contributed by atoms with Gasteiger partial charge in [0, 0.05) is 18.5 Å². The predicted molar refractivity (Wildman–Crippen MR) is 68.3 cm³/mol. The molecule has 2 N–H and O–H groups in total. The summed E-state index contributed by atoms with van der Waals surface area (Å²) in [5.74, 6) is 0.429. The Kier molecular flexibility index (Phi) is 4.38. The molecule has 0 amide bonds. The van der Waals surface area contributed by atoms with Gasteiger partial charge in [0.05, 0.1) is 29.8 Å². The topological polar surface area (TPSA) is 56.6 Å².